The van der Waals surface area contributed by atoms with Crippen LogP contribution < -0.4 is 15.4 Å². The molecule has 2 aliphatic rings. The number of rotatable bonds is 11. The molecule has 2 fully saturated rings. The number of benzene rings is 2. The summed E-state index contributed by atoms with van der Waals surface area (Å²) in [5.74, 6) is -1.67. The van der Waals surface area contributed by atoms with E-state index in [9.17, 15) is 13.6 Å². The van der Waals surface area contributed by atoms with Crippen molar-refractivity contribution in [3.05, 3.63) is 59.4 Å². The number of anilines is 3. The molecule has 0 spiro atoms. The molecule has 5 rings (SSSR count). The van der Waals surface area contributed by atoms with Gasteiger partial charge < -0.3 is 29.6 Å². The van der Waals surface area contributed by atoms with Gasteiger partial charge in [0.15, 0.2) is 5.83 Å². The molecule has 2 saturated heterocycles. The highest BCUT2D eigenvalue weighted by atomic mass is 35.5. The highest BCUT2D eigenvalue weighted by Gasteiger charge is 2.36. The number of amides is 1. The molecule has 2 aliphatic heterocycles. The summed E-state index contributed by atoms with van der Waals surface area (Å²) in [5, 5.41) is 6.14. The number of hydrogen-bond donors (Lipinski definition) is 2. The summed E-state index contributed by atoms with van der Waals surface area (Å²) in [4.78, 5) is 23.3. The number of ether oxygens (including phenoxy) is 4. The van der Waals surface area contributed by atoms with Crippen molar-refractivity contribution in [3.8, 4) is 5.75 Å². The molecule has 10 nitrogen and oxygen atoms in total. The zero-order valence-corrected chi connectivity index (χ0v) is 28.7. The summed E-state index contributed by atoms with van der Waals surface area (Å²) in [6, 6.07) is 7.40. The predicted octanol–water partition coefficient (Wildman–Crippen LogP) is 7.30. The number of carbonyl (C=O) groups excluding carboxylic acids is 1. The molecule has 0 saturated carbocycles. The van der Waals surface area contributed by atoms with Gasteiger partial charge in [0.1, 0.15) is 23.7 Å². The van der Waals surface area contributed by atoms with E-state index in [0.717, 1.165) is 13.0 Å². The van der Waals surface area contributed by atoms with Crippen molar-refractivity contribution >= 4 is 45.6 Å². The Morgan fingerprint density at radius 2 is 1.81 bits per heavy atom. The molecule has 1 amide bonds. The van der Waals surface area contributed by atoms with Gasteiger partial charge in [0, 0.05) is 43.4 Å². The van der Waals surface area contributed by atoms with E-state index in [1.807, 2.05) is 25.7 Å². The van der Waals surface area contributed by atoms with Crippen molar-refractivity contribution in [2.24, 2.45) is 0 Å². The molecule has 47 heavy (non-hydrogen) atoms. The summed E-state index contributed by atoms with van der Waals surface area (Å²) in [5.41, 5.74) is 1.27. The minimum atomic E-state index is -0.923. The molecule has 0 aliphatic carbocycles. The van der Waals surface area contributed by atoms with E-state index in [0.29, 0.717) is 67.2 Å². The Hall–Kier alpha value is -3.42. The highest BCUT2D eigenvalue weighted by Crippen LogP contribution is 2.34. The lowest BCUT2D eigenvalue weighted by Gasteiger charge is -2.24. The third kappa shape index (κ3) is 11.1. The lowest BCUT2D eigenvalue weighted by atomic mass is 10.1. The van der Waals surface area contributed by atoms with Gasteiger partial charge >= 0.3 is 0 Å². The van der Waals surface area contributed by atoms with E-state index in [2.05, 4.69) is 34.4 Å². The van der Waals surface area contributed by atoms with Crippen LogP contribution in [0.5, 0.6) is 5.75 Å². The fraction of sp³-hybridized carbons (Fsp3) is 0.500. The molecule has 3 atom stereocenters. The molecular formula is C34H46ClF2N5O5. The first kappa shape index (κ1) is 38.0. The first-order valence-corrected chi connectivity index (χ1v) is 16.5. The zero-order valence-electron chi connectivity index (χ0n) is 27.9. The van der Waals surface area contributed by atoms with E-state index in [1.165, 1.54) is 30.6 Å². The van der Waals surface area contributed by atoms with Crippen molar-refractivity contribution in [2.45, 2.75) is 66.3 Å². The molecule has 0 radical (unpaired) electrons. The second-order valence-corrected chi connectivity index (χ2v) is 10.9. The molecule has 2 N–H and O–H groups in total. The minimum absolute atomic E-state index is 0.0312. The van der Waals surface area contributed by atoms with Crippen LogP contribution >= 0.6 is 11.6 Å². The Bertz CT molecular complexity index is 1470. The van der Waals surface area contributed by atoms with E-state index in [-0.39, 0.29) is 29.5 Å². The van der Waals surface area contributed by atoms with Gasteiger partial charge in [0.25, 0.3) is 5.91 Å². The van der Waals surface area contributed by atoms with Gasteiger partial charge in [-0.15, -0.1) is 0 Å². The maximum absolute atomic E-state index is 14.8. The summed E-state index contributed by atoms with van der Waals surface area (Å²) >= 11 is 5.90. The highest BCUT2D eigenvalue weighted by molar-refractivity contribution is 6.31. The second kappa shape index (κ2) is 19.4. The van der Waals surface area contributed by atoms with Crippen LogP contribution in [-0.2, 0) is 19.0 Å². The number of halogens is 3. The molecular weight excluding hydrogens is 632 g/mol. The fourth-order valence-corrected chi connectivity index (χ4v) is 5.02. The van der Waals surface area contributed by atoms with Gasteiger partial charge in [0.2, 0.25) is 0 Å². The molecule has 0 bridgehead atoms. The molecule has 13 heteroatoms. The summed E-state index contributed by atoms with van der Waals surface area (Å²) in [6.45, 7) is 15.8. The van der Waals surface area contributed by atoms with Crippen LogP contribution in [0.3, 0.4) is 0 Å². The Morgan fingerprint density at radius 3 is 2.40 bits per heavy atom. The van der Waals surface area contributed by atoms with E-state index < -0.39 is 17.6 Å². The molecule has 3 aromatic rings. The summed E-state index contributed by atoms with van der Waals surface area (Å²) in [6.07, 6.45) is 4.10. The number of nitrogens with zero attached hydrogens (tertiary/aromatic N) is 3. The maximum atomic E-state index is 14.8. The second-order valence-electron chi connectivity index (χ2n) is 10.5. The largest absolute Gasteiger partial charge is 0.492 e. The Morgan fingerprint density at radius 1 is 1.11 bits per heavy atom. The maximum Gasteiger partial charge on any atom is 0.284 e. The quantitative estimate of drug-likeness (QED) is 0.202. The molecule has 258 valence electrons. The third-order valence-corrected chi connectivity index (χ3v) is 7.57. The van der Waals surface area contributed by atoms with Gasteiger partial charge in [-0.2, -0.15) is 0 Å². The van der Waals surface area contributed by atoms with Crippen molar-refractivity contribution in [3.63, 3.8) is 0 Å². The normalized spacial score (nSPS) is 18.3. The van der Waals surface area contributed by atoms with E-state index >= 15 is 0 Å². The number of fused-ring (bicyclic) bond motifs is 2. The number of likely N-dealkylation sites (tertiary alicyclic amines) is 1. The zero-order chi connectivity index (χ0) is 34.3. The van der Waals surface area contributed by atoms with Gasteiger partial charge in [-0.3, -0.25) is 9.69 Å². The average Bonchev–Trinajstić information content (AvgIpc) is 3.50. The Labute approximate surface area is 280 Å². The minimum Gasteiger partial charge on any atom is -0.492 e. The van der Waals surface area contributed by atoms with Crippen LogP contribution in [0.4, 0.5) is 26.0 Å². The van der Waals surface area contributed by atoms with E-state index in [4.69, 9.17) is 30.5 Å². The van der Waals surface area contributed by atoms with E-state index in [1.54, 1.807) is 19.1 Å². The fourth-order valence-electron chi connectivity index (χ4n) is 4.84. The van der Waals surface area contributed by atoms with Crippen LogP contribution in [-0.4, -0.2) is 85.1 Å². The first-order chi connectivity index (χ1) is 22.7. The smallest absolute Gasteiger partial charge is 0.284 e. The topological polar surface area (TPSA) is 107 Å². The molecule has 2 aromatic carbocycles. The standard InChI is InChI=1S/C26H26ClF2N5O4.C6H14O.C2H6/c1-2-36-22-11-20-16(25(31-14-30-20)32-15-3-4-18(28)17(27)9-15)10-21(22)33-26(35)19(29)5-6-34-12-23-24(13-34)38-8-7-37-23;1-4-6(3)7-5-2;1-2/h3-5,9-11,14,23-24H,2,6-8,12-13H2,1H3,(H,33,35)(H,30,31,32);6H,4-5H2,1-3H3;1-2H3/b19-5-;;. The number of aromatic nitrogens is 2. The number of hydrogen-bond acceptors (Lipinski definition) is 9. The summed E-state index contributed by atoms with van der Waals surface area (Å²) < 4.78 is 50.6. The Kier molecular flexibility index (Phi) is 15.7. The molecule has 3 unspecified atom stereocenters. The first-order valence-electron chi connectivity index (χ1n) is 16.1. The SMILES string of the molecule is CC.CCOC(C)CC.CCOc1cc2ncnc(Nc3ccc(F)c(Cl)c3)c2cc1NC(=O)/C(F)=C/CN1CC2OCCOC2C1. The van der Waals surface area contributed by atoms with Crippen molar-refractivity contribution in [2.75, 3.05) is 56.7 Å². The van der Waals surface area contributed by atoms with Crippen LogP contribution in [0.25, 0.3) is 10.9 Å². The Balaban J connectivity index is 0.000000593. The average molecular weight is 678 g/mol. The van der Waals surface area contributed by atoms with Gasteiger partial charge in [-0.1, -0.05) is 32.4 Å². The number of nitrogens with one attached hydrogen (secondary N) is 2. The van der Waals surface area contributed by atoms with Crippen LogP contribution in [0, 0.1) is 5.82 Å². The summed E-state index contributed by atoms with van der Waals surface area (Å²) in [7, 11) is 0. The predicted molar refractivity (Wildman–Crippen MR) is 182 cm³/mol. The third-order valence-electron chi connectivity index (χ3n) is 7.28. The molecule has 3 heterocycles. The lowest BCUT2D eigenvalue weighted by Crippen LogP contribution is -2.36. The van der Waals surface area contributed by atoms with Crippen LogP contribution in [0.2, 0.25) is 5.02 Å². The molecule has 1 aromatic heterocycles. The van der Waals surface area contributed by atoms with Crippen LogP contribution in [0.1, 0.15) is 48.0 Å². The van der Waals surface area contributed by atoms with Crippen LogP contribution in [0.15, 0.2) is 48.6 Å². The van der Waals surface area contributed by atoms with Gasteiger partial charge in [0.05, 0.1) is 54.4 Å². The van der Waals surface area contributed by atoms with Crippen molar-refractivity contribution in [1.29, 1.82) is 0 Å². The number of carbonyl (C=O) groups is 1. The van der Waals surface area contributed by atoms with Gasteiger partial charge in [-0.05, 0) is 57.5 Å². The van der Waals surface area contributed by atoms with Crippen molar-refractivity contribution < 1.29 is 32.5 Å². The lowest BCUT2D eigenvalue weighted by molar-refractivity contribution is -0.116. The van der Waals surface area contributed by atoms with Crippen molar-refractivity contribution in [1.82, 2.24) is 14.9 Å². The van der Waals surface area contributed by atoms with Gasteiger partial charge in [-0.25, -0.2) is 18.7 Å². The monoisotopic (exact) mass is 677 g/mol.